The molecular formula is C15H17BrFNO2. The molecule has 3 nitrogen and oxygen atoms in total. The topological polar surface area (TPSA) is 49.3 Å². The van der Waals surface area contributed by atoms with E-state index >= 15 is 0 Å². The Bertz CT molecular complexity index is 549. The lowest BCUT2D eigenvalue weighted by Crippen LogP contribution is -2.20. The molecule has 0 aliphatic heterocycles. The van der Waals surface area contributed by atoms with Crippen molar-refractivity contribution in [3.63, 3.8) is 0 Å². The van der Waals surface area contributed by atoms with Crippen LogP contribution in [0.25, 0.3) is 0 Å². The molecule has 3 rings (SSSR count). The van der Waals surface area contributed by atoms with Crippen LogP contribution in [0.5, 0.6) is 0 Å². The summed E-state index contributed by atoms with van der Waals surface area (Å²) in [6.07, 6.45) is 5.24. The molecule has 3 unspecified atom stereocenters. The van der Waals surface area contributed by atoms with Crippen LogP contribution in [0, 0.1) is 23.6 Å². The van der Waals surface area contributed by atoms with Gasteiger partial charge in [0.2, 0.25) is 0 Å². The quantitative estimate of drug-likeness (QED) is 0.865. The van der Waals surface area contributed by atoms with Crippen LogP contribution in [0.2, 0.25) is 0 Å². The van der Waals surface area contributed by atoms with Crippen LogP contribution in [-0.4, -0.2) is 17.6 Å². The van der Waals surface area contributed by atoms with Gasteiger partial charge in [0.15, 0.2) is 5.82 Å². The molecule has 0 aromatic heterocycles. The Labute approximate surface area is 125 Å². The fraction of sp³-hybridized carbons (Fsp3) is 0.533. The first kappa shape index (κ1) is 13.9. The first-order chi connectivity index (χ1) is 9.56. The standard InChI is InChI=1S/C15H17BrFNO2/c16-13-11(15(19)20)3-4-12(14(13)17)18-7-10-6-8-1-2-9(10)5-8/h3-4,8-10,18H,1-2,5-7H2,(H,19,20). The molecule has 0 saturated heterocycles. The van der Waals surface area contributed by atoms with Gasteiger partial charge in [0.05, 0.1) is 15.7 Å². The third kappa shape index (κ3) is 2.43. The average Bonchev–Trinajstić information content (AvgIpc) is 3.02. The predicted octanol–water partition coefficient (Wildman–Crippen LogP) is 4.13. The Balaban J connectivity index is 1.69. The van der Waals surface area contributed by atoms with Crippen LogP contribution in [-0.2, 0) is 0 Å². The number of hydrogen-bond donors (Lipinski definition) is 2. The molecule has 2 N–H and O–H groups in total. The number of carboxylic acids is 1. The number of anilines is 1. The lowest BCUT2D eigenvalue weighted by molar-refractivity contribution is 0.0695. The van der Waals surface area contributed by atoms with Crippen LogP contribution >= 0.6 is 15.9 Å². The van der Waals surface area contributed by atoms with Crippen molar-refractivity contribution in [1.29, 1.82) is 0 Å². The van der Waals surface area contributed by atoms with Crippen LogP contribution in [0.1, 0.15) is 36.0 Å². The first-order valence-electron chi connectivity index (χ1n) is 7.01. The summed E-state index contributed by atoms with van der Waals surface area (Å²) in [7, 11) is 0. The molecular weight excluding hydrogens is 325 g/mol. The number of halogens is 2. The molecule has 0 heterocycles. The van der Waals surface area contributed by atoms with Gasteiger partial charge >= 0.3 is 5.97 Å². The lowest BCUT2D eigenvalue weighted by atomic mass is 9.89. The zero-order valence-electron chi connectivity index (χ0n) is 11.0. The number of benzene rings is 1. The van der Waals surface area contributed by atoms with E-state index in [1.54, 1.807) is 0 Å². The first-order valence-corrected chi connectivity index (χ1v) is 7.80. The van der Waals surface area contributed by atoms with Crippen LogP contribution in [0.15, 0.2) is 16.6 Å². The van der Waals surface area contributed by atoms with Gasteiger partial charge < -0.3 is 10.4 Å². The van der Waals surface area contributed by atoms with Gasteiger partial charge in [0, 0.05) is 6.54 Å². The van der Waals surface area contributed by atoms with Gasteiger partial charge in [0.25, 0.3) is 0 Å². The van der Waals surface area contributed by atoms with E-state index in [9.17, 15) is 9.18 Å². The summed E-state index contributed by atoms with van der Waals surface area (Å²) in [5.74, 6) is 0.643. The zero-order chi connectivity index (χ0) is 14.3. The van der Waals surface area contributed by atoms with E-state index in [2.05, 4.69) is 21.2 Å². The normalized spacial score (nSPS) is 27.8. The largest absolute Gasteiger partial charge is 0.478 e. The number of hydrogen-bond acceptors (Lipinski definition) is 2. The van der Waals surface area contributed by atoms with Gasteiger partial charge in [-0.15, -0.1) is 0 Å². The second kappa shape index (κ2) is 5.35. The number of carbonyl (C=O) groups is 1. The van der Waals surface area contributed by atoms with Crippen molar-refractivity contribution in [3.05, 3.63) is 28.0 Å². The monoisotopic (exact) mass is 341 g/mol. The number of nitrogens with one attached hydrogen (secondary N) is 1. The van der Waals surface area contributed by atoms with Crippen LogP contribution < -0.4 is 5.32 Å². The fourth-order valence-electron chi connectivity index (χ4n) is 3.72. The minimum atomic E-state index is -1.13. The van der Waals surface area contributed by atoms with Crippen LogP contribution in [0.4, 0.5) is 10.1 Å². The maximum absolute atomic E-state index is 14.1. The SMILES string of the molecule is O=C(O)c1ccc(NCC2CC3CCC2C3)c(F)c1Br. The lowest BCUT2D eigenvalue weighted by Gasteiger charge is -2.22. The van der Waals surface area contributed by atoms with Crippen LogP contribution in [0.3, 0.4) is 0 Å². The van der Waals surface area contributed by atoms with Crippen molar-refractivity contribution < 1.29 is 14.3 Å². The molecule has 20 heavy (non-hydrogen) atoms. The molecule has 0 spiro atoms. The molecule has 5 heteroatoms. The van der Waals surface area contributed by atoms with Gasteiger partial charge in [-0.1, -0.05) is 6.42 Å². The molecule has 2 aliphatic carbocycles. The maximum Gasteiger partial charge on any atom is 0.336 e. The Kier molecular flexibility index (Phi) is 3.71. The maximum atomic E-state index is 14.1. The van der Waals surface area contributed by atoms with E-state index in [4.69, 9.17) is 5.11 Å². The highest BCUT2D eigenvalue weighted by Gasteiger charge is 2.39. The highest BCUT2D eigenvalue weighted by atomic mass is 79.9. The number of rotatable bonds is 4. The van der Waals surface area contributed by atoms with Gasteiger partial charge in [-0.3, -0.25) is 0 Å². The highest BCUT2D eigenvalue weighted by molar-refractivity contribution is 9.10. The fourth-order valence-corrected chi connectivity index (χ4v) is 4.23. The molecule has 2 bridgehead atoms. The molecule has 0 amide bonds. The van der Waals surface area contributed by atoms with Gasteiger partial charge in [-0.2, -0.15) is 0 Å². The highest BCUT2D eigenvalue weighted by Crippen LogP contribution is 2.48. The summed E-state index contributed by atoms with van der Waals surface area (Å²) in [5, 5.41) is 12.1. The van der Waals surface area contributed by atoms with E-state index < -0.39 is 11.8 Å². The molecule has 3 atom stereocenters. The van der Waals surface area contributed by atoms with E-state index in [1.165, 1.54) is 37.8 Å². The molecule has 2 fully saturated rings. The zero-order valence-corrected chi connectivity index (χ0v) is 12.6. The molecule has 2 aliphatic rings. The molecule has 1 aromatic rings. The number of carboxylic acid groups (broad SMARTS) is 1. The summed E-state index contributed by atoms with van der Waals surface area (Å²) in [6.45, 7) is 0.775. The van der Waals surface area contributed by atoms with Crippen molar-refractivity contribution in [1.82, 2.24) is 0 Å². The second-order valence-electron chi connectivity index (χ2n) is 5.91. The molecule has 108 valence electrons. The van der Waals surface area contributed by atoms with Crippen molar-refractivity contribution in [2.75, 3.05) is 11.9 Å². The van der Waals surface area contributed by atoms with Crippen molar-refractivity contribution >= 4 is 27.6 Å². The van der Waals surface area contributed by atoms with Gasteiger partial charge in [-0.05, 0) is 65.1 Å². The Hall–Kier alpha value is -1.10. The van der Waals surface area contributed by atoms with E-state index in [0.29, 0.717) is 11.6 Å². The number of fused-ring (bicyclic) bond motifs is 2. The molecule has 2 saturated carbocycles. The van der Waals surface area contributed by atoms with Crippen molar-refractivity contribution in [3.8, 4) is 0 Å². The Morgan fingerprint density at radius 2 is 2.20 bits per heavy atom. The summed E-state index contributed by atoms with van der Waals surface area (Å²) in [5.41, 5.74) is 0.331. The molecule has 0 radical (unpaired) electrons. The Morgan fingerprint density at radius 1 is 1.40 bits per heavy atom. The minimum absolute atomic E-state index is 0.0166. The predicted molar refractivity (Wildman–Crippen MR) is 78.5 cm³/mol. The van der Waals surface area contributed by atoms with Crippen molar-refractivity contribution in [2.24, 2.45) is 17.8 Å². The number of aromatic carboxylic acids is 1. The van der Waals surface area contributed by atoms with Crippen molar-refractivity contribution in [2.45, 2.75) is 25.7 Å². The summed E-state index contributed by atoms with van der Waals surface area (Å²) < 4.78 is 14.1. The van der Waals surface area contributed by atoms with Gasteiger partial charge in [0.1, 0.15) is 0 Å². The smallest absolute Gasteiger partial charge is 0.336 e. The third-order valence-corrected chi connectivity index (χ3v) is 5.53. The summed E-state index contributed by atoms with van der Waals surface area (Å²) in [4.78, 5) is 10.9. The van der Waals surface area contributed by atoms with E-state index in [1.807, 2.05) is 0 Å². The second-order valence-corrected chi connectivity index (χ2v) is 6.70. The van der Waals surface area contributed by atoms with E-state index in [-0.39, 0.29) is 10.0 Å². The minimum Gasteiger partial charge on any atom is -0.478 e. The van der Waals surface area contributed by atoms with Gasteiger partial charge in [-0.25, -0.2) is 9.18 Å². The van der Waals surface area contributed by atoms with E-state index in [0.717, 1.165) is 18.4 Å². The summed E-state index contributed by atoms with van der Waals surface area (Å²) in [6, 6.07) is 2.94. The molecule has 1 aromatic carbocycles. The third-order valence-electron chi connectivity index (χ3n) is 4.75. The Morgan fingerprint density at radius 3 is 2.80 bits per heavy atom. The summed E-state index contributed by atoms with van der Waals surface area (Å²) >= 11 is 3.02. The average molecular weight is 342 g/mol.